The first-order valence-electron chi connectivity index (χ1n) is 11.0. The Kier molecular flexibility index (Phi) is 5.99. The van der Waals surface area contributed by atoms with Gasteiger partial charge in [-0.2, -0.15) is 28.5 Å². The van der Waals surface area contributed by atoms with Crippen molar-refractivity contribution in [3.05, 3.63) is 95.8 Å². The first-order valence-corrected chi connectivity index (χ1v) is 11.0. The normalized spacial score (nSPS) is 15.2. The van der Waals surface area contributed by atoms with Crippen LogP contribution in [0.4, 0.5) is 19.0 Å². The fourth-order valence-corrected chi connectivity index (χ4v) is 3.81. The summed E-state index contributed by atoms with van der Waals surface area (Å²) < 4.78 is 43.9. The molecule has 12 heteroatoms. The van der Waals surface area contributed by atoms with Crippen molar-refractivity contribution in [1.29, 1.82) is 0 Å². The maximum Gasteiger partial charge on any atom is 0.417 e. The number of rotatable bonds is 5. The number of benzene rings is 2. The Bertz CT molecular complexity index is 1540. The number of nitrogens with one attached hydrogen (secondary N) is 1. The van der Waals surface area contributed by atoms with E-state index in [-0.39, 0.29) is 22.6 Å². The fraction of sp³-hybridized carbons (Fsp3) is 0.120. The average Bonchev–Trinajstić information content (AvgIpc) is 3.50. The van der Waals surface area contributed by atoms with Gasteiger partial charge in [0.05, 0.1) is 22.6 Å². The van der Waals surface area contributed by atoms with Gasteiger partial charge in [0.25, 0.3) is 11.8 Å². The molecular formula is C25H18F3N7O2. The number of carbonyl (C=O) groups is 2. The Morgan fingerprint density at radius 3 is 2.46 bits per heavy atom. The number of nitrogens with zero attached hydrogens (tertiary/aromatic N) is 6. The standard InChI is InChI=1S/C25H18F3N7O2/c1-34-12-11-19(32-34)17-13-15(7-8-18(17)25(26,27)28)24(37)29-22-14-21(20-9-10-23(36)31-30-20)33-35(22)16-5-3-2-4-6-16/h2-14,20H,1H3,(H,29,37). The molecule has 2 aromatic carbocycles. The molecule has 37 heavy (non-hydrogen) atoms. The predicted octanol–water partition coefficient (Wildman–Crippen LogP) is 5.13. The fourth-order valence-electron chi connectivity index (χ4n) is 3.81. The van der Waals surface area contributed by atoms with Crippen LogP contribution < -0.4 is 5.32 Å². The first kappa shape index (κ1) is 23.9. The van der Waals surface area contributed by atoms with Crippen molar-refractivity contribution in [2.24, 2.45) is 17.3 Å². The average molecular weight is 505 g/mol. The Balaban J connectivity index is 1.52. The molecule has 2 aromatic heterocycles. The van der Waals surface area contributed by atoms with E-state index in [4.69, 9.17) is 0 Å². The molecule has 1 aliphatic heterocycles. The maximum atomic E-state index is 13.7. The first-order chi connectivity index (χ1) is 17.7. The van der Waals surface area contributed by atoms with Gasteiger partial charge in [-0.3, -0.25) is 14.3 Å². The molecule has 1 atom stereocenters. The third-order valence-corrected chi connectivity index (χ3v) is 5.55. The highest BCUT2D eigenvalue weighted by Crippen LogP contribution is 2.37. The minimum Gasteiger partial charge on any atom is -0.306 e. The SMILES string of the molecule is Cn1ccc(-c2cc(C(=O)Nc3cc(C4C=CC(=O)N=N4)nn3-c3ccccc3)ccc2C(F)(F)F)n1. The third kappa shape index (κ3) is 4.94. The maximum absolute atomic E-state index is 13.7. The number of para-hydroxylation sites is 1. The van der Waals surface area contributed by atoms with Crippen LogP contribution in [0.1, 0.15) is 27.7 Å². The summed E-state index contributed by atoms with van der Waals surface area (Å²) in [5.41, 5.74) is 0.00873. The Labute approximate surface area is 207 Å². The summed E-state index contributed by atoms with van der Waals surface area (Å²) >= 11 is 0. The summed E-state index contributed by atoms with van der Waals surface area (Å²) in [5, 5.41) is 18.8. The van der Waals surface area contributed by atoms with Crippen molar-refractivity contribution in [3.63, 3.8) is 0 Å². The van der Waals surface area contributed by atoms with Crippen molar-refractivity contribution in [2.45, 2.75) is 12.2 Å². The Hall–Kier alpha value is -4.87. The molecule has 0 radical (unpaired) electrons. The zero-order valence-electron chi connectivity index (χ0n) is 19.2. The van der Waals surface area contributed by atoms with Crippen LogP contribution in [0.25, 0.3) is 16.9 Å². The zero-order chi connectivity index (χ0) is 26.2. The molecule has 5 rings (SSSR count). The van der Waals surface area contributed by atoms with Crippen LogP contribution in [0.5, 0.6) is 0 Å². The van der Waals surface area contributed by atoms with E-state index in [1.807, 2.05) is 6.07 Å². The number of hydrogen-bond acceptors (Lipinski definition) is 5. The topological polar surface area (TPSA) is 107 Å². The van der Waals surface area contributed by atoms with Crippen molar-refractivity contribution in [2.75, 3.05) is 5.32 Å². The Morgan fingerprint density at radius 1 is 1.03 bits per heavy atom. The molecule has 1 unspecified atom stereocenters. The summed E-state index contributed by atoms with van der Waals surface area (Å²) in [6.45, 7) is 0. The Morgan fingerprint density at radius 2 is 1.81 bits per heavy atom. The van der Waals surface area contributed by atoms with Crippen molar-refractivity contribution < 1.29 is 22.8 Å². The summed E-state index contributed by atoms with van der Waals surface area (Å²) in [6.07, 6.45) is -0.300. The number of carbonyl (C=O) groups excluding carboxylic acids is 2. The van der Waals surface area contributed by atoms with Crippen LogP contribution in [-0.2, 0) is 18.0 Å². The molecule has 0 saturated carbocycles. The summed E-state index contributed by atoms with van der Waals surface area (Å²) in [7, 11) is 1.59. The van der Waals surface area contributed by atoms with Crippen LogP contribution in [0, 0.1) is 0 Å². The molecule has 2 amide bonds. The van der Waals surface area contributed by atoms with Gasteiger partial charge in [-0.25, -0.2) is 4.68 Å². The minimum absolute atomic E-state index is 0.00105. The third-order valence-electron chi connectivity index (χ3n) is 5.55. The van der Waals surface area contributed by atoms with E-state index < -0.39 is 29.6 Å². The molecule has 186 valence electrons. The largest absolute Gasteiger partial charge is 0.417 e. The van der Waals surface area contributed by atoms with Crippen LogP contribution in [0.2, 0.25) is 0 Å². The van der Waals surface area contributed by atoms with Crippen LogP contribution in [0.15, 0.2) is 89.2 Å². The zero-order valence-corrected chi connectivity index (χ0v) is 19.2. The van der Waals surface area contributed by atoms with Crippen molar-refractivity contribution in [1.82, 2.24) is 19.6 Å². The summed E-state index contributed by atoms with van der Waals surface area (Å²) in [4.78, 5) is 24.6. The lowest BCUT2D eigenvalue weighted by Gasteiger charge is -2.14. The molecule has 0 saturated heterocycles. The number of anilines is 1. The van der Waals surface area contributed by atoms with Gasteiger partial charge in [-0.1, -0.05) is 18.2 Å². The lowest BCUT2D eigenvalue weighted by molar-refractivity contribution is -0.137. The van der Waals surface area contributed by atoms with E-state index >= 15 is 0 Å². The van der Waals surface area contributed by atoms with Gasteiger partial charge >= 0.3 is 6.18 Å². The molecule has 4 aromatic rings. The molecule has 0 spiro atoms. The molecule has 0 aliphatic carbocycles. The molecule has 1 N–H and O–H groups in total. The summed E-state index contributed by atoms with van der Waals surface area (Å²) in [6, 6.07) is 14.4. The van der Waals surface area contributed by atoms with Gasteiger partial charge in [-0.15, -0.1) is 5.11 Å². The second-order valence-electron chi connectivity index (χ2n) is 8.15. The van der Waals surface area contributed by atoms with Crippen LogP contribution in [0.3, 0.4) is 0 Å². The second kappa shape index (κ2) is 9.30. The summed E-state index contributed by atoms with van der Waals surface area (Å²) in [5.74, 6) is -0.880. The number of azo groups is 1. The number of alkyl halides is 3. The van der Waals surface area contributed by atoms with Gasteiger partial charge in [0, 0.05) is 36.5 Å². The number of halogens is 3. The van der Waals surface area contributed by atoms with Crippen molar-refractivity contribution in [3.8, 4) is 16.9 Å². The predicted molar refractivity (Wildman–Crippen MR) is 127 cm³/mol. The van der Waals surface area contributed by atoms with E-state index in [2.05, 4.69) is 25.7 Å². The van der Waals surface area contributed by atoms with E-state index in [0.29, 0.717) is 11.4 Å². The second-order valence-corrected chi connectivity index (χ2v) is 8.15. The monoisotopic (exact) mass is 505 g/mol. The lowest BCUT2D eigenvalue weighted by Crippen LogP contribution is -2.16. The number of amides is 2. The quantitative estimate of drug-likeness (QED) is 0.406. The lowest BCUT2D eigenvalue weighted by atomic mass is 10.0. The van der Waals surface area contributed by atoms with E-state index in [0.717, 1.165) is 18.2 Å². The van der Waals surface area contributed by atoms with Crippen LogP contribution in [-0.4, -0.2) is 31.4 Å². The van der Waals surface area contributed by atoms with E-state index in [1.54, 1.807) is 37.4 Å². The highest BCUT2D eigenvalue weighted by molar-refractivity contribution is 6.04. The van der Waals surface area contributed by atoms with Gasteiger partial charge in [-0.05, 0) is 42.5 Å². The molecule has 9 nitrogen and oxygen atoms in total. The van der Waals surface area contributed by atoms with Gasteiger partial charge in [0.2, 0.25) is 0 Å². The van der Waals surface area contributed by atoms with Gasteiger partial charge in [0.1, 0.15) is 11.9 Å². The number of aryl methyl sites for hydroxylation is 1. The minimum atomic E-state index is -4.63. The van der Waals surface area contributed by atoms with E-state index in [9.17, 15) is 22.8 Å². The smallest absolute Gasteiger partial charge is 0.306 e. The van der Waals surface area contributed by atoms with Gasteiger partial charge < -0.3 is 5.32 Å². The van der Waals surface area contributed by atoms with Crippen molar-refractivity contribution >= 4 is 17.6 Å². The number of aromatic nitrogens is 4. The molecule has 3 heterocycles. The number of hydrogen-bond donors (Lipinski definition) is 1. The molecule has 1 aliphatic rings. The van der Waals surface area contributed by atoms with E-state index in [1.165, 1.54) is 33.8 Å². The highest BCUT2D eigenvalue weighted by atomic mass is 19.4. The van der Waals surface area contributed by atoms with Gasteiger partial charge in [0.15, 0.2) is 0 Å². The molecule has 0 bridgehead atoms. The van der Waals surface area contributed by atoms with Crippen LogP contribution >= 0.6 is 0 Å². The highest BCUT2D eigenvalue weighted by Gasteiger charge is 2.34. The molecular weight excluding hydrogens is 487 g/mol. The molecule has 0 fully saturated rings.